The van der Waals surface area contributed by atoms with E-state index in [1.165, 1.54) is 4.57 Å². The molecule has 2 amide bonds. The van der Waals surface area contributed by atoms with E-state index < -0.39 is 5.76 Å². The van der Waals surface area contributed by atoms with Gasteiger partial charge in [0.15, 0.2) is 5.58 Å². The van der Waals surface area contributed by atoms with Gasteiger partial charge in [-0.2, -0.15) is 0 Å². The third-order valence-corrected chi connectivity index (χ3v) is 5.10. The van der Waals surface area contributed by atoms with E-state index in [2.05, 4.69) is 0 Å². The zero-order valence-corrected chi connectivity index (χ0v) is 15.7. The second kappa shape index (κ2) is 7.53. The molecule has 0 spiro atoms. The van der Waals surface area contributed by atoms with Gasteiger partial charge in [0, 0.05) is 57.7 Å². The minimum Gasteiger partial charge on any atom is -0.408 e. The minimum absolute atomic E-state index is 0.0403. The topological polar surface area (TPSA) is 75.8 Å². The summed E-state index contributed by atoms with van der Waals surface area (Å²) in [6.07, 6.45) is 1.11. The lowest BCUT2D eigenvalue weighted by molar-refractivity contribution is -0.130. The molecule has 3 rings (SSSR count). The van der Waals surface area contributed by atoms with E-state index in [1.807, 2.05) is 4.90 Å². The van der Waals surface area contributed by atoms with E-state index in [9.17, 15) is 14.4 Å². The number of hydrogen-bond acceptors (Lipinski definition) is 4. The normalized spacial score (nSPS) is 17.0. The molecule has 0 aliphatic carbocycles. The van der Waals surface area contributed by atoms with Crippen LogP contribution >= 0.6 is 11.6 Å². The van der Waals surface area contributed by atoms with E-state index in [1.54, 1.807) is 37.1 Å². The molecule has 8 heteroatoms. The summed E-state index contributed by atoms with van der Waals surface area (Å²) >= 11 is 5.90. The standard InChI is InChI=1S/C18H22ClN3O4/c1-12(23)21-7-5-13(11-21)10-20(2)17(24)6-8-22-15-4-3-14(19)9-16(15)26-18(22)25/h3-4,9,13H,5-8,10-11H2,1-2H3. The highest BCUT2D eigenvalue weighted by atomic mass is 35.5. The van der Waals surface area contributed by atoms with Crippen molar-refractivity contribution in [2.24, 2.45) is 5.92 Å². The second-order valence-corrected chi connectivity index (χ2v) is 7.21. The van der Waals surface area contributed by atoms with Gasteiger partial charge in [-0.15, -0.1) is 0 Å². The number of rotatable bonds is 5. The van der Waals surface area contributed by atoms with Crippen molar-refractivity contribution in [2.45, 2.75) is 26.3 Å². The average molecular weight is 380 g/mol. The van der Waals surface area contributed by atoms with Crippen LogP contribution in [0.15, 0.2) is 27.4 Å². The Balaban J connectivity index is 1.58. The van der Waals surface area contributed by atoms with Gasteiger partial charge >= 0.3 is 5.76 Å². The number of nitrogens with zero attached hydrogens (tertiary/aromatic N) is 3. The molecule has 1 atom stereocenters. The third-order valence-electron chi connectivity index (χ3n) is 4.87. The number of aryl methyl sites for hydroxylation is 1. The van der Waals surface area contributed by atoms with Gasteiger partial charge in [-0.3, -0.25) is 14.2 Å². The number of halogens is 1. The van der Waals surface area contributed by atoms with Crippen LogP contribution in [0.5, 0.6) is 0 Å². The molecule has 1 aliphatic heterocycles. The van der Waals surface area contributed by atoms with Crippen LogP contribution in [-0.4, -0.2) is 52.9 Å². The summed E-state index contributed by atoms with van der Waals surface area (Å²) in [6.45, 7) is 3.87. The van der Waals surface area contributed by atoms with Crippen LogP contribution in [0.3, 0.4) is 0 Å². The minimum atomic E-state index is -0.495. The highest BCUT2D eigenvalue weighted by molar-refractivity contribution is 6.31. The molecule has 1 saturated heterocycles. The van der Waals surface area contributed by atoms with Gasteiger partial charge in [-0.1, -0.05) is 11.6 Å². The fraction of sp³-hybridized carbons (Fsp3) is 0.500. The molecule has 1 unspecified atom stereocenters. The second-order valence-electron chi connectivity index (χ2n) is 6.78. The number of carbonyl (C=O) groups is 2. The Hall–Kier alpha value is -2.28. The summed E-state index contributed by atoms with van der Waals surface area (Å²) < 4.78 is 6.62. The van der Waals surface area contributed by atoms with Gasteiger partial charge < -0.3 is 14.2 Å². The Labute approximate surface area is 156 Å². The first-order valence-electron chi connectivity index (χ1n) is 8.63. The molecule has 1 aromatic carbocycles. The number of aromatic nitrogens is 1. The van der Waals surface area contributed by atoms with E-state index in [-0.39, 0.29) is 24.8 Å². The summed E-state index contributed by atoms with van der Waals surface area (Å²) in [4.78, 5) is 39.3. The summed E-state index contributed by atoms with van der Waals surface area (Å²) in [6, 6.07) is 4.99. The Bertz CT molecular complexity index is 888. The maximum atomic E-state index is 12.4. The van der Waals surface area contributed by atoms with Crippen LogP contribution in [-0.2, 0) is 16.1 Å². The monoisotopic (exact) mass is 379 g/mol. The van der Waals surface area contributed by atoms with Crippen molar-refractivity contribution in [3.05, 3.63) is 33.8 Å². The predicted molar refractivity (Wildman–Crippen MR) is 98.1 cm³/mol. The maximum Gasteiger partial charge on any atom is 0.419 e. The Morgan fingerprint density at radius 1 is 1.38 bits per heavy atom. The fourth-order valence-electron chi connectivity index (χ4n) is 3.41. The van der Waals surface area contributed by atoms with E-state index >= 15 is 0 Å². The summed E-state index contributed by atoms with van der Waals surface area (Å²) in [5.74, 6) is -0.160. The number of carbonyl (C=O) groups excluding carboxylic acids is 2. The molecule has 7 nitrogen and oxygen atoms in total. The quantitative estimate of drug-likeness (QED) is 0.795. The lowest BCUT2D eigenvalue weighted by Gasteiger charge is -2.21. The molecule has 0 bridgehead atoms. The lowest BCUT2D eigenvalue weighted by Crippen LogP contribution is -2.34. The van der Waals surface area contributed by atoms with Crippen molar-refractivity contribution < 1.29 is 14.0 Å². The van der Waals surface area contributed by atoms with Gasteiger partial charge in [-0.05, 0) is 24.5 Å². The first-order chi connectivity index (χ1) is 12.3. The lowest BCUT2D eigenvalue weighted by atomic mass is 10.1. The maximum absolute atomic E-state index is 12.4. The van der Waals surface area contributed by atoms with Gasteiger partial charge in [0.05, 0.1) is 5.52 Å². The molecular formula is C18H22ClN3O4. The first kappa shape index (κ1) is 18.5. The van der Waals surface area contributed by atoms with Crippen molar-refractivity contribution in [1.82, 2.24) is 14.4 Å². The number of fused-ring (bicyclic) bond motifs is 1. The zero-order chi connectivity index (χ0) is 18.8. The smallest absolute Gasteiger partial charge is 0.408 e. The van der Waals surface area contributed by atoms with Crippen LogP contribution in [0.2, 0.25) is 5.02 Å². The number of likely N-dealkylation sites (tertiary alicyclic amines) is 1. The molecule has 1 aliphatic rings. The fourth-order valence-corrected chi connectivity index (χ4v) is 3.57. The zero-order valence-electron chi connectivity index (χ0n) is 14.9. The molecule has 2 heterocycles. The molecule has 0 N–H and O–H groups in total. The third kappa shape index (κ3) is 3.93. The Morgan fingerprint density at radius 2 is 2.15 bits per heavy atom. The first-order valence-corrected chi connectivity index (χ1v) is 9.01. The van der Waals surface area contributed by atoms with E-state index in [0.717, 1.165) is 13.0 Å². The molecule has 0 radical (unpaired) electrons. The molecule has 2 aromatic rings. The van der Waals surface area contributed by atoms with Gasteiger partial charge in [0.25, 0.3) is 0 Å². The summed E-state index contributed by atoms with van der Waals surface area (Å²) in [7, 11) is 1.76. The molecule has 26 heavy (non-hydrogen) atoms. The molecular weight excluding hydrogens is 358 g/mol. The van der Waals surface area contributed by atoms with Crippen molar-refractivity contribution in [1.29, 1.82) is 0 Å². The van der Waals surface area contributed by atoms with Gasteiger partial charge in [-0.25, -0.2) is 4.79 Å². The largest absolute Gasteiger partial charge is 0.419 e. The number of amides is 2. The van der Waals surface area contributed by atoms with Gasteiger partial charge in [0.2, 0.25) is 11.8 Å². The van der Waals surface area contributed by atoms with Crippen LogP contribution in [0.1, 0.15) is 19.8 Å². The van der Waals surface area contributed by atoms with Crippen molar-refractivity contribution in [3.8, 4) is 0 Å². The van der Waals surface area contributed by atoms with Crippen LogP contribution in [0, 0.1) is 5.92 Å². The Morgan fingerprint density at radius 3 is 2.85 bits per heavy atom. The van der Waals surface area contributed by atoms with Crippen molar-refractivity contribution in [2.75, 3.05) is 26.7 Å². The molecule has 140 valence electrons. The molecule has 0 saturated carbocycles. The number of hydrogen-bond donors (Lipinski definition) is 0. The van der Waals surface area contributed by atoms with Crippen LogP contribution in [0.4, 0.5) is 0 Å². The number of benzene rings is 1. The summed E-state index contributed by atoms with van der Waals surface area (Å²) in [5.41, 5.74) is 1.04. The van der Waals surface area contributed by atoms with E-state index in [0.29, 0.717) is 35.1 Å². The van der Waals surface area contributed by atoms with Crippen LogP contribution in [0.25, 0.3) is 11.1 Å². The average Bonchev–Trinajstić information content (AvgIpc) is 3.16. The van der Waals surface area contributed by atoms with Gasteiger partial charge in [0.1, 0.15) is 0 Å². The highest BCUT2D eigenvalue weighted by Gasteiger charge is 2.26. The summed E-state index contributed by atoms with van der Waals surface area (Å²) in [5, 5.41) is 0.491. The number of oxazole rings is 1. The van der Waals surface area contributed by atoms with E-state index in [4.69, 9.17) is 16.0 Å². The SMILES string of the molecule is CC(=O)N1CCC(CN(C)C(=O)CCn2c(=O)oc3cc(Cl)ccc32)C1. The molecule has 1 fully saturated rings. The Kier molecular flexibility index (Phi) is 5.36. The highest BCUT2D eigenvalue weighted by Crippen LogP contribution is 2.19. The van der Waals surface area contributed by atoms with Crippen LogP contribution < -0.4 is 5.76 Å². The van der Waals surface area contributed by atoms with Crippen molar-refractivity contribution >= 4 is 34.5 Å². The molecule has 1 aromatic heterocycles. The predicted octanol–water partition coefficient (Wildman–Crippen LogP) is 1.96. The van der Waals surface area contributed by atoms with Crippen molar-refractivity contribution in [3.63, 3.8) is 0 Å².